The average Bonchev–Trinajstić information content (AvgIpc) is 3.17. The Balaban J connectivity index is 1.75. The molecule has 7 heteroatoms. The first-order valence-electron chi connectivity index (χ1n) is 9.56. The van der Waals surface area contributed by atoms with E-state index in [2.05, 4.69) is 25.7 Å². The summed E-state index contributed by atoms with van der Waals surface area (Å²) in [5, 5.41) is 10.6. The van der Waals surface area contributed by atoms with E-state index in [1.807, 2.05) is 68.4 Å². The van der Waals surface area contributed by atoms with E-state index in [4.69, 9.17) is 0 Å². The third-order valence-electron chi connectivity index (χ3n) is 4.65. The van der Waals surface area contributed by atoms with Crippen LogP contribution in [-0.4, -0.2) is 32.0 Å². The quantitative estimate of drug-likeness (QED) is 0.528. The van der Waals surface area contributed by atoms with Gasteiger partial charge in [0.1, 0.15) is 5.69 Å². The molecular weight excluding hydrogens is 364 g/mol. The zero-order chi connectivity index (χ0) is 20.2. The molecule has 0 aliphatic heterocycles. The second-order valence-corrected chi connectivity index (χ2v) is 6.71. The number of aromatic nitrogens is 4. The Morgan fingerprint density at radius 2 is 1.93 bits per heavy atom. The number of pyridine rings is 2. The van der Waals surface area contributed by atoms with Crippen molar-refractivity contribution < 1.29 is 4.79 Å². The molecule has 1 atom stereocenters. The monoisotopic (exact) mass is 386 g/mol. The van der Waals surface area contributed by atoms with Crippen LogP contribution in [0.25, 0.3) is 16.8 Å². The van der Waals surface area contributed by atoms with Crippen molar-refractivity contribution in [2.24, 2.45) is 0 Å². The average molecular weight is 386 g/mol. The van der Waals surface area contributed by atoms with E-state index in [0.717, 1.165) is 16.7 Å². The fourth-order valence-electron chi connectivity index (χ4n) is 3.17. The molecule has 0 spiro atoms. The van der Waals surface area contributed by atoms with E-state index < -0.39 is 0 Å². The molecule has 7 nitrogen and oxygen atoms in total. The number of carbonyl (C=O) groups is 1. The van der Waals surface area contributed by atoms with Crippen molar-refractivity contribution in [3.05, 3.63) is 78.2 Å². The molecule has 0 saturated heterocycles. The van der Waals surface area contributed by atoms with Gasteiger partial charge in [-0.3, -0.25) is 9.78 Å². The van der Waals surface area contributed by atoms with Gasteiger partial charge in [0.15, 0.2) is 5.65 Å². The van der Waals surface area contributed by atoms with Gasteiger partial charge >= 0.3 is 0 Å². The lowest BCUT2D eigenvalue weighted by atomic mass is 10.1. The summed E-state index contributed by atoms with van der Waals surface area (Å²) >= 11 is 0. The molecule has 3 heterocycles. The summed E-state index contributed by atoms with van der Waals surface area (Å²) in [6.45, 7) is 4.63. The Hall–Kier alpha value is -3.74. The maximum absolute atomic E-state index is 13.2. The molecule has 4 rings (SSSR count). The highest BCUT2D eigenvalue weighted by molar-refractivity contribution is 5.95. The van der Waals surface area contributed by atoms with Crippen LogP contribution in [0.4, 0.5) is 5.95 Å². The highest BCUT2D eigenvalue weighted by Crippen LogP contribution is 2.23. The lowest BCUT2D eigenvalue weighted by Crippen LogP contribution is -2.28. The highest BCUT2D eigenvalue weighted by Gasteiger charge is 2.18. The van der Waals surface area contributed by atoms with Gasteiger partial charge in [0.25, 0.3) is 5.91 Å². The lowest BCUT2D eigenvalue weighted by molar-refractivity contribution is 0.0932. The van der Waals surface area contributed by atoms with Crippen LogP contribution in [0.3, 0.4) is 0 Å². The number of benzene rings is 1. The first kappa shape index (κ1) is 18.6. The van der Waals surface area contributed by atoms with Gasteiger partial charge in [0.2, 0.25) is 5.95 Å². The van der Waals surface area contributed by atoms with Gasteiger partial charge in [0.05, 0.1) is 6.04 Å². The zero-order valence-electron chi connectivity index (χ0n) is 16.3. The summed E-state index contributed by atoms with van der Waals surface area (Å²) in [6, 6.07) is 17.3. The number of carbonyl (C=O) groups excluding carboxylic acids is 1. The normalized spacial score (nSPS) is 11.9. The van der Waals surface area contributed by atoms with Gasteiger partial charge in [-0.1, -0.05) is 36.4 Å². The minimum Gasteiger partial charge on any atom is -0.353 e. The summed E-state index contributed by atoms with van der Waals surface area (Å²) in [7, 11) is 0. The summed E-state index contributed by atoms with van der Waals surface area (Å²) in [5.41, 5.74) is 3.82. The Morgan fingerprint density at radius 1 is 1.10 bits per heavy atom. The molecule has 0 aliphatic rings. The van der Waals surface area contributed by atoms with Gasteiger partial charge in [-0.15, -0.1) is 5.10 Å². The van der Waals surface area contributed by atoms with Crippen LogP contribution in [0.1, 0.15) is 35.9 Å². The van der Waals surface area contributed by atoms with E-state index in [9.17, 15) is 4.79 Å². The number of anilines is 1. The predicted molar refractivity (Wildman–Crippen MR) is 113 cm³/mol. The first-order valence-corrected chi connectivity index (χ1v) is 9.56. The van der Waals surface area contributed by atoms with E-state index in [1.165, 1.54) is 0 Å². The van der Waals surface area contributed by atoms with Crippen molar-refractivity contribution in [1.29, 1.82) is 0 Å². The fraction of sp³-hybridized carbons (Fsp3) is 0.182. The van der Waals surface area contributed by atoms with Crippen LogP contribution < -0.4 is 10.6 Å². The molecule has 1 amide bonds. The lowest BCUT2D eigenvalue weighted by Gasteiger charge is -2.15. The zero-order valence-corrected chi connectivity index (χ0v) is 16.3. The largest absolute Gasteiger partial charge is 0.353 e. The van der Waals surface area contributed by atoms with Crippen molar-refractivity contribution in [2.75, 3.05) is 11.9 Å². The van der Waals surface area contributed by atoms with Crippen molar-refractivity contribution >= 4 is 17.5 Å². The molecule has 2 N–H and O–H groups in total. The number of hydrogen-bond donors (Lipinski definition) is 2. The van der Waals surface area contributed by atoms with Gasteiger partial charge in [-0.25, -0.2) is 4.52 Å². The summed E-state index contributed by atoms with van der Waals surface area (Å²) in [4.78, 5) is 21.8. The Morgan fingerprint density at radius 3 is 2.66 bits per heavy atom. The second kappa shape index (κ2) is 8.10. The summed E-state index contributed by atoms with van der Waals surface area (Å²) in [6.07, 6.45) is 3.49. The number of amides is 1. The first-order chi connectivity index (χ1) is 14.2. The summed E-state index contributed by atoms with van der Waals surface area (Å²) in [5.74, 6) is 0.269. The van der Waals surface area contributed by atoms with Crippen LogP contribution >= 0.6 is 0 Å². The maximum Gasteiger partial charge on any atom is 0.270 e. The van der Waals surface area contributed by atoms with Gasteiger partial charge in [-0.2, -0.15) is 4.98 Å². The number of hydrogen-bond acceptors (Lipinski definition) is 5. The highest BCUT2D eigenvalue weighted by atomic mass is 16.2. The topological polar surface area (TPSA) is 84.2 Å². The minimum atomic E-state index is -0.218. The van der Waals surface area contributed by atoms with Crippen molar-refractivity contribution in [2.45, 2.75) is 19.9 Å². The SMILES string of the molecule is CCNc1nc2cc(-c3cccnc3)cc(C(=O)NC(C)c3ccccc3)n2n1. The third kappa shape index (κ3) is 3.94. The molecule has 0 radical (unpaired) electrons. The van der Waals surface area contributed by atoms with E-state index >= 15 is 0 Å². The van der Waals surface area contributed by atoms with Crippen molar-refractivity contribution in [3.8, 4) is 11.1 Å². The molecule has 146 valence electrons. The van der Waals surface area contributed by atoms with Gasteiger partial charge in [0, 0.05) is 24.5 Å². The molecule has 29 heavy (non-hydrogen) atoms. The number of fused-ring (bicyclic) bond motifs is 1. The van der Waals surface area contributed by atoms with Crippen molar-refractivity contribution in [1.82, 2.24) is 24.9 Å². The maximum atomic E-state index is 13.2. The molecule has 1 aromatic carbocycles. The molecule has 4 aromatic rings. The second-order valence-electron chi connectivity index (χ2n) is 6.71. The van der Waals surface area contributed by atoms with Crippen LogP contribution in [0.15, 0.2) is 67.0 Å². The summed E-state index contributed by atoms with van der Waals surface area (Å²) < 4.78 is 1.57. The Bertz CT molecular complexity index is 1120. The Kier molecular flexibility index (Phi) is 5.20. The molecular formula is C22H22N6O. The molecule has 0 fully saturated rings. The molecule has 1 unspecified atom stereocenters. The number of rotatable bonds is 6. The fourth-order valence-corrected chi connectivity index (χ4v) is 3.17. The Labute approximate surface area is 168 Å². The van der Waals surface area contributed by atoms with Crippen molar-refractivity contribution in [3.63, 3.8) is 0 Å². The van der Waals surface area contributed by atoms with E-state index in [-0.39, 0.29) is 11.9 Å². The molecule has 0 aliphatic carbocycles. The third-order valence-corrected chi connectivity index (χ3v) is 4.65. The van der Waals surface area contributed by atoms with E-state index in [1.54, 1.807) is 16.9 Å². The van der Waals surface area contributed by atoms with Crippen LogP contribution in [0, 0.1) is 0 Å². The van der Waals surface area contributed by atoms with Gasteiger partial charge in [-0.05, 0) is 43.2 Å². The number of nitrogens with zero attached hydrogens (tertiary/aromatic N) is 4. The molecule has 0 bridgehead atoms. The number of nitrogens with one attached hydrogen (secondary N) is 2. The predicted octanol–water partition coefficient (Wildman–Crippen LogP) is 3.71. The molecule has 0 saturated carbocycles. The van der Waals surface area contributed by atoms with E-state index in [0.29, 0.717) is 23.8 Å². The smallest absolute Gasteiger partial charge is 0.270 e. The standard InChI is InChI=1S/C22H22N6O/c1-3-24-22-26-20-13-18(17-10-7-11-23-14-17)12-19(28(20)27-22)21(29)25-15(2)16-8-5-4-6-9-16/h4-15H,3H2,1-2H3,(H,24,27)(H,25,29). The van der Waals surface area contributed by atoms with Crippen LogP contribution in [0.2, 0.25) is 0 Å². The molecule has 3 aromatic heterocycles. The minimum absolute atomic E-state index is 0.141. The van der Waals surface area contributed by atoms with Crippen LogP contribution in [0.5, 0.6) is 0 Å². The van der Waals surface area contributed by atoms with Crippen LogP contribution in [-0.2, 0) is 0 Å². The van der Waals surface area contributed by atoms with Gasteiger partial charge < -0.3 is 10.6 Å².